The van der Waals surface area contributed by atoms with Gasteiger partial charge in [-0.25, -0.2) is 4.79 Å². The molecule has 1 aromatic carbocycles. The minimum absolute atomic E-state index is 0.109. The van der Waals surface area contributed by atoms with Crippen molar-refractivity contribution in [2.24, 2.45) is 0 Å². The van der Waals surface area contributed by atoms with Gasteiger partial charge in [0.25, 0.3) is 5.69 Å². The summed E-state index contributed by atoms with van der Waals surface area (Å²) in [5.41, 5.74) is 0.405. The summed E-state index contributed by atoms with van der Waals surface area (Å²) in [6.07, 6.45) is 1.44. The van der Waals surface area contributed by atoms with Crippen molar-refractivity contribution < 1.29 is 19.2 Å². The highest BCUT2D eigenvalue weighted by Gasteiger charge is 2.22. The zero-order valence-electron chi connectivity index (χ0n) is 15.0. The van der Waals surface area contributed by atoms with Gasteiger partial charge in [-0.1, -0.05) is 5.46 Å². The highest BCUT2D eigenvalue weighted by molar-refractivity contribution is 6.32. The molecule has 0 saturated carbocycles. The number of nitro groups is 1. The van der Waals surface area contributed by atoms with Crippen molar-refractivity contribution in [3.05, 3.63) is 46.3 Å². The molecule has 2 rings (SSSR count). The van der Waals surface area contributed by atoms with Gasteiger partial charge in [0.1, 0.15) is 31.6 Å². The van der Waals surface area contributed by atoms with Crippen LogP contribution in [-0.2, 0) is 4.74 Å². The standard InChI is InChI=1S/C17H20BN3O5/c1-4-25-17(22)16-9-12(18)11-20(16)15-10-13(26-8-7-19(2)3)5-6-14(15)21(23)24/h5-6,9-11H,4,7-8H2,1-3H3. The summed E-state index contributed by atoms with van der Waals surface area (Å²) >= 11 is 0. The maximum absolute atomic E-state index is 12.2. The predicted octanol–water partition coefficient (Wildman–Crippen LogP) is 1.30. The fraction of sp³-hybridized carbons (Fsp3) is 0.353. The summed E-state index contributed by atoms with van der Waals surface area (Å²) in [7, 11) is 9.62. The number of benzene rings is 1. The molecule has 0 N–H and O–H groups in total. The zero-order chi connectivity index (χ0) is 19.3. The molecular weight excluding hydrogens is 337 g/mol. The van der Waals surface area contributed by atoms with Crippen LogP contribution in [-0.4, -0.2) is 62.1 Å². The number of ether oxygens (including phenoxy) is 2. The summed E-state index contributed by atoms with van der Waals surface area (Å²) in [5, 5.41) is 11.4. The Kier molecular flexibility index (Phi) is 6.40. The number of aromatic nitrogens is 1. The first-order chi connectivity index (χ1) is 12.3. The third-order valence-corrected chi connectivity index (χ3v) is 3.54. The number of nitro benzene ring substituents is 1. The van der Waals surface area contributed by atoms with E-state index in [-0.39, 0.29) is 23.7 Å². The molecule has 2 radical (unpaired) electrons. The number of carbonyl (C=O) groups excluding carboxylic acids is 1. The van der Waals surface area contributed by atoms with Gasteiger partial charge < -0.3 is 18.9 Å². The van der Waals surface area contributed by atoms with Gasteiger partial charge in [-0.2, -0.15) is 0 Å². The van der Waals surface area contributed by atoms with Crippen molar-refractivity contribution in [2.45, 2.75) is 6.92 Å². The monoisotopic (exact) mass is 357 g/mol. The molecule has 9 heteroatoms. The van der Waals surface area contributed by atoms with Crippen LogP contribution in [0, 0.1) is 10.1 Å². The molecule has 0 spiro atoms. The van der Waals surface area contributed by atoms with Crippen LogP contribution in [0.1, 0.15) is 17.4 Å². The van der Waals surface area contributed by atoms with E-state index in [1.807, 2.05) is 19.0 Å². The number of hydrogen-bond donors (Lipinski definition) is 0. The van der Waals surface area contributed by atoms with Crippen molar-refractivity contribution in [2.75, 3.05) is 33.9 Å². The van der Waals surface area contributed by atoms with Gasteiger partial charge in [-0.05, 0) is 33.2 Å². The molecule has 136 valence electrons. The maximum Gasteiger partial charge on any atom is 0.355 e. The van der Waals surface area contributed by atoms with E-state index in [0.717, 1.165) is 0 Å². The first kappa shape index (κ1) is 19.5. The second-order valence-electron chi connectivity index (χ2n) is 5.81. The van der Waals surface area contributed by atoms with Gasteiger partial charge in [-0.3, -0.25) is 10.1 Å². The Morgan fingerprint density at radius 3 is 2.69 bits per heavy atom. The molecular formula is C17H20BN3O5. The first-order valence-corrected chi connectivity index (χ1v) is 8.04. The molecule has 0 aliphatic rings. The van der Waals surface area contributed by atoms with Gasteiger partial charge in [0.2, 0.25) is 0 Å². The number of hydrogen-bond acceptors (Lipinski definition) is 6. The fourth-order valence-electron chi connectivity index (χ4n) is 2.33. The van der Waals surface area contributed by atoms with Crippen molar-refractivity contribution in [1.29, 1.82) is 0 Å². The lowest BCUT2D eigenvalue weighted by molar-refractivity contribution is -0.384. The molecule has 0 unspecified atom stereocenters. The molecule has 0 amide bonds. The molecule has 2 aromatic rings. The van der Waals surface area contributed by atoms with Crippen LogP contribution in [0.5, 0.6) is 5.75 Å². The Morgan fingerprint density at radius 2 is 2.08 bits per heavy atom. The Morgan fingerprint density at radius 1 is 1.35 bits per heavy atom. The molecule has 0 aliphatic carbocycles. The molecule has 1 heterocycles. The fourth-order valence-corrected chi connectivity index (χ4v) is 2.33. The molecule has 8 nitrogen and oxygen atoms in total. The minimum Gasteiger partial charge on any atom is -0.492 e. The molecule has 0 saturated heterocycles. The summed E-state index contributed by atoms with van der Waals surface area (Å²) in [4.78, 5) is 25.0. The van der Waals surface area contributed by atoms with Crippen LogP contribution < -0.4 is 10.2 Å². The second-order valence-corrected chi connectivity index (χ2v) is 5.81. The predicted molar refractivity (Wildman–Crippen MR) is 97.8 cm³/mol. The third kappa shape index (κ3) is 4.63. The van der Waals surface area contributed by atoms with E-state index >= 15 is 0 Å². The number of carbonyl (C=O) groups is 1. The summed E-state index contributed by atoms with van der Waals surface area (Å²) in [6, 6.07) is 5.79. The van der Waals surface area contributed by atoms with Crippen LogP contribution in [0.25, 0.3) is 5.69 Å². The van der Waals surface area contributed by atoms with Gasteiger partial charge in [-0.15, -0.1) is 0 Å². The SMILES string of the molecule is [B]c1cc(C(=O)OCC)n(-c2cc(OCCN(C)C)ccc2[N+](=O)[O-])c1. The first-order valence-electron chi connectivity index (χ1n) is 8.04. The number of likely N-dealkylation sites (N-methyl/N-ethyl adjacent to an activating group) is 1. The molecule has 0 fully saturated rings. The van der Waals surface area contributed by atoms with Crippen molar-refractivity contribution in [3.63, 3.8) is 0 Å². The van der Waals surface area contributed by atoms with E-state index in [4.69, 9.17) is 17.3 Å². The van der Waals surface area contributed by atoms with E-state index in [9.17, 15) is 14.9 Å². The molecule has 0 atom stereocenters. The van der Waals surface area contributed by atoms with Crippen LogP contribution >= 0.6 is 0 Å². The average Bonchev–Trinajstić information content (AvgIpc) is 2.96. The maximum atomic E-state index is 12.2. The smallest absolute Gasteiger partial charge is 0.355 e. The van der Waals surface area contributed by atoms with Gasteiger partial charge in [0.15, 0.2) is 0 Å². The quantitative estimate of drug-likeness (QED) is 0.306. The largest absolute Gasteiger partial charge is 0.492 e. The van der Waals surface area contributed by atoms with E-state index in [1.54, 1.807) is 6.92 Å². The molecule has 1 aromatic heterocycles. The minimum atomic E-state index is -0.613. The Bertz CT molecular complexity index is 804. The van der Waals surface area contributed by atoms with E-state index in [1.165, 1.54) is 35.0 Å². The molecule has 26 heavy (non-hydrogen) atoms. The Hall–Kier alpha value is -2.81. The zero-order valence-corrected chi connectivity index (χ0v) is 15.0. The molecule has 0 bridgehead atoms. The lowest BCUT2D eigenvalue weighted by Gasteiger charge is -2.13. The van der Waals surface area contributed by atoms with E-state index < -0.39 is 10.9 Å². The highest BCUT2D eigenvalue weighted by atomic mass is 16.6. The van der Waals surface area contributed by atoms with Crippen molar-refractivity contribution >= 4 is 25.0 Å². The Balaban J connectivity index is 2.46. The van der Waals surface area contributed by atoms with E-state index in [2.05, 4.69) is 0 Å². The number of nitrogens with zero attached hydrogens (tertiary/aromatic N) is 3. The van der Waals surface area contributed by atoms with Crippen LogP contribution in [0.2, 0.25) is 0 Å². The van der Waals surface area contributed by atoms with Crippen molar-refractivity contribution in [1.82, 2.24) is 9.47 Å². The topological polar surface area (TPSA) is 86.8 Å². The van der Waals surface area contributed by atoms with Gasteiger partial charge in [0, 0.05) is 24.9 Å². The number of esters is 1. The highest BCUT2D eigenvalue weighted by Crippen LogP contribution is 2.29. The van der Waals surface area contributed by atoms with Crippen LogP contribution in [0.15, 0.2) is 30.5 Å². The van der Waals surface area contributed by atoms with E-state index in [0.29, 0.717) is 24.4 Å². The van der Waals surface area contributed by atoms with Crippen molar-refractivity contribution in [3.8, 4) is 11.4 Å². The summed E-state index contributed by atoms with van der Waals surface area (Å²) < 4.78 is 12.0. The second kappa shape index (κ2) is 8.53. The lowest BCUT2D eigenvalue weighted by Crippen LogP contribution is -2.19. The van der Waals surface area contributed by atoms with Crippen LogP contribution in [0.3, 0.4) is 0 Å². The summed E-state index contributed by atoms with van der Waals surface area (Å²) in [5.74, 6) is -0.160. The average molecular weight is 357 g/mol. The third-order valence-electron chi connectivity index (χ3n) is 3.54. The summed E-state index contributed by atoms with van der Waals surface area (Å²) in [6.45, 7) is 2.97. The van der Waals surface area contributed by atoms with Crippen LogP contribution in [0.4, 0.5) is 5.69 Å². The van der Waals surface area contributed by atoms with Gasteiger partial charge in [0.05, 0.1) is 11.5 Å². The normalized spacial score (nSPS) is 10.8. The lowest BCUT2D eigenvalue weighted by atomic mass is 10.0. The van der Waals surface area contributed by atoms with Gasteiger partial charge >= 0.3 is 5.97 Å². The Labute approximate surface area is 152 Å². The number of rotatable bonds is 8. The molecule has 0 aliphatic heterocycles.